The van der Waals surface area contributed by atoms with Gasteiger partial charge in [-0.15, -0.1) is 0 Å². The van der Waals surface area contributed by atoms with Gasteiger partial charge in [0.25, 0.3) is 0 Å². The summed E-state index contributed by atoms with van der Waals surface area (Å²) in [6.07, 6.45) is 1.38. The highest BCUT2D eigenvalue weighted by molar-refractivity contribution is 4.43. The molecule has 0 fully saturated rings. The molecule has 0 saturated heterocycles. The molecule has 0 aromatic heterocycles. The van der Waals surface area contributed by atoms with Crippen LogP contribution in [0.2, 0.25) is 0 Å². The Morgan fingerprint density at radius 3 is 1.35 bits per heavy atom. The van der Waals surface area contributed by atoms with Gasteiger partial charge in [0, 0.05) is 0 Å². The van der Waals surface area contributed by atoms with E-state index < -0.39 is 0 Å². The van der Waals surface area contributed by atoms with Crippen molar-refractivity contribution in [3.05, 3.63) is 12.8 Å². The first-order valence-corrected chi connectivity index (χ1v) is 5.42. The molecule has 0 heterocycles. The van der Waals surface area contributed by atoms with Crippen molar-refractivity contribution in [2.45, 2.75) is 0 Å². The molecule has 17 heavy (non-hydrogen) atoms. The molecule has 6 nitrogen and oxygen atoms in total. The van der Waals surface area contributed by atoms with Crippen LogP contribution >= 0.6 is 0 Å². The van der Waals surface area contributed by atoms with Crippen molar-refractivity contribution in [2.24, 2.45) is 0 Å². The predicted molar refractivity (Wildman–Crippen MR) is 63.8 cm³/mol. The molecule has 0 spiro atoms. The van der Waals surface area contributed by atoms with E-state index >= 15 is 0 Å². The van der Waals surface area contributed by atoms with Crippen LogP contribution in [0.3, 0.4) is 0 Å². The monoisotopic (exact) mass is 252 g/mol. The predicted octanol–water partition coefficient (Wildman–Crippen LogP) is -0.203. The molecule has 0 amide bonds. The van der Waals surface area contributed by atoms with Gasteiger partial charge < -0.3 is 29.2 Å². The van der Waals surface area contributed by atoms with Gasteiger partial charge in [-0.2, -0.15) is 0 Å². The smallest absolute Gasteiger partial charge is 0.0766 e. The van der Waals surface area contributed by atoms with Crippen LogP contribution in [-0.4, -0.2) is 70.2 Å². The largest absolute Gasteiger partial charge is 0.505 e. The van der Waals surface area contributed by atoms with Crippen LogP contribution in [0.15, 0.2) is 12.8 Å². The topological polar surface area (TPSA) is 77.4 Å². The molecule has 0 aromatic rings. The third-order valence-electron chi connectivity index (χ3n) is 1.38. The summed E-state index contributed by atoms with van der Waals surface area (Å²) in [7, 11) is 1.56. The second-order valence-electron chi connectivity index (χ2n) is 2.69. The lowest BCUT2D eigenvalue weighted by Gasteiger charge is -2.04. The van der Waals surface area contributed by atoms with E-state index in [1.807, 2.05) is 0 Å². The van der Waals surface area contributed by atoms with Crippen molar-refractivity contribution in [3.63, 3.8) is 0 Å². The van der Waals surface area contributed by atoms with E-state index in [2.05, 4.69) is 11.3 Å². The quantitative estimate of drug-likeness (QED) is 0.391. The Hall–Kier alpha value is -0.660. The second-order valence-corrected chi connectivity index (χ2v) is 2.69. The van der Waals surface area contributed by atoms with Gasteiger partial charge in [0.2, 0.25) is 0 Å². The molecule has 0 radical (unpaired) electrons. The van der Waals surface area contributed by atoms with Crippen molar-refractivity contribution >= 4 is 0 Å². The van der Waals surface area contributed by atoms with Crippen LogP contribution in [0.1, 0.15) is 0 Å². The molecular formula is C11H24O6. The van der Waals surface area contributed by atoms with E-state index in [1.54, 1.807) is 7.11 Å². The standard InChI is InChI=1S/C8H18O5.C3H6O/c9-1-3-11-5-7-13-8-6-12-4-2-10;1-3-4-2/h9-10H,1-8H2;3H,1H2,2H3. The molecule has 0 aliphatic carbocycles. The zero-order valence-electron chi connectivity index (χ0n) is 10.5. The molecule has 0 aromatic carbocycles. The Morgan fingerprint density at radius 2 is 1.12 bits per heavy atom. The average molecular weight is 252 g/mol. The number of hydrogen-bond donors (Lipinski definition) is 2. The summed E-state index contributed by atoms with van der Waals surface area (Å²) in [5.41, 5.74) is 0. The van der Waals surface area contributed by atoms with Crippen LogP contribution < -0.4 is 0 Å². The first kappa shape index (κ1) is 18.7. The highest BCUT2D eigenvalue weighted by Crippen LogP contribution is 1.80. The third kappa shape index (κ3) is 25.5. The fourth-order valence-corrected chi connectivity index (χ4v) is 0.671. The van der Waals surface area contributed by atoms with Crippen molar-refractivity contribution in [1.82, 2.24) is 0 Å². The van der Waals surface area contributed by atoms with E-state index in [0.29, 0.717) is 39.6 Å². The molecule has 0 rings (SSSR count). The van der Waals surface area contributed by atoms with Crippen LogP contribution in [0.25, 0.3) is 0 Å². The second kappa shape index (κ2) is 20.7. The van der Waals surface area contributed by atoms with Crippen molar-refractivity contribution in [1.29, 1.82) is 0 Å². The fraction of sp³-hybridized carbons (Fsp3) is 0.818. The Morgan fingerprint density at radius 1 is 0.824 bits per heavy atom. The molecule has 104 valence electrons. The van der Waals surface area contributed by atoms with Crippen LogP contribution in [-0.2, 0) is 18.9 Å². The van der Waals surface area contributed by atoms with Gasteiger partial charge in [0.05, 0.1) is 66.2 Å². The Bertz CT molecular complexity index is 121. The number of methoxy groups -OCH3 is 1. The molecule has 2 N–H and O–H groups in total. The summed E-state index contributed by atoms with van der Waals surface area (Å²) < 4.78 is 19.3. The molecular weight excluding hydrogens is 228 g/mol. The van der Waals surface area contributed by atoms with E-state index in [9.17, 15) is 0 Å². The maximum atomic E-state index is 8.36. The fourth-order valence-electron chi connectivity index (χ4n) is 0.671. The normalized spacial score (nSPS) is 9.35. The van der Waals surface area contributed by atoms with Crippen LogP contribution in [0.4, 0.5) is 0 Å². The highest BCUT2D eigenvalue weighted by atomic mass is 16.5. The zero-order valence-corrected chi connectivity index (χ0v) is 10.5. The lowest BCUT2D eigenvalue weighted by molar-refractivity contribution is 0.00230. The molecule has 0 aliphatic heterocycles. The van der Waals surface area contributed by atoms with E-state index in [-0.39, 0.29) is 13.2 Å². The summed E-state index contributed by atoms with van der Waals surface area (Å²) in [5.74, 6) is 0. The Kier molecular flexibility index (Phi) is 22.8. The number of rotatable bonds is 11. The van der Waals surface area contributed by atoms with E-state index in [4.69, 9.17) is 24.4 Å². The summed E-state index contributed by atoms with van der Waals surface area (Å²) in [5, 5.41) is 16.7. The lowest BCUT2D eigenvalue weighted by atomic mass is 10.7. The minimum absolute atomic E-state index is 0.0413. The number of hydrogen-bond acceptors (Lipinski definition) is 6. The van der Waals surface area contributed by atoms with Crippen molar-refractivity contribution in [3.8, 4) is 0 Å². The van der Waals surface area contributed by atoms with Crippen LogP contribution in [0.5, 0.6) is 0 Å². The minimum atomic E-state index is 0.0413. The summed E-state index contributed by atoms with van der Waals surface area (Å²) in [6, 6.07) is 0. The number of ether oxygens (including phenoxy) is 4. The molecule has 6 heteroatoms. The Labute approximate surface area is 103 Å². The van der Waals surface area contributed by atoms with Gasteiger partial charge in [-0.05, 0) is 0 Å². The van der Waals surface area contributed by atoms with Crippen molar-refractivity contribution < 1.29 is 29.2 Å². The summed E-state index contributed by atoms with van der Waals surface area (Å²) in [4.78, 5) is 0. The maximum Gasteiger partial charge on any atom is 0.0766 e. The van der Waals surface area contributed by atoms with Gasteiger partial charge in [0.15, 0.2) is 0 Å². The van der Waals surface area contributed by atoms with Gasteiger partial charge >= 0.3 is 0 Å². The van der Waals surface area contributed by atoms with Gasteiger partial charge in [-0.25, -0.2) is 0 Å². The van der Waals surface area contributed by atoms with E-state index in [0.717, 1.165) is 0 Å². The molecule has 0 aliphatic rings. The number of aliphatic hydroxyl groups is 2. The lowest BCUT2D eigenvalue weighted by Crippen LogP contribution is -2.11. The van der Waals surface area contributed by atoms with Crippen LogP contribution in [0, 0.1) is 0 Å². The maximum absolute atomic E-state index is 8.36. The SMILES string of the molecule is C=COC.OCCOCCOCCOCCO. The van der Waals surface area contributed by atoms with Gasteiger partial charge in [-0.3, -0.25) is 0 Å². The van der Waals surface area contributed by atoms with E-state index in [1.165, 1.54) is 6.26 Å². The average Bonchev–Trinajstić information content (AvgIpc) is 2.37. The first-order chi connectivity index (χ1) is 8.33. The highest BCUT2D eigenvalue weighted by Gasteiger charge is 1.89. The summed E-state index contributed by atoms with van der Waals surface area (Å²) >= 11 is 0. The van der Waals surface area contributed by atoms with Crippen molar-refractivity contribution in [2.75, 3.05) is 60.0 Å². The first-order valence-electron chi connectivity index (χ1n) is 5.42. The zero-order chi connectivity index (χ0) is 13.2. The Balaban J connectivity index is 0. The van der Waals surface area contributed by atoms with Gasteiger partial charge in [-0.1, -0.05) is 6.58 Å². The molecule has 0 saturated carbocycles. The molecule has 0 bridgehead atoms. The van der Waals surface area contributed by atoms with Gasteiger partial charge in [0.1, 0.15) is 0 Å². The third-order valence-corrected chi connectivity index (χ3v) is 1.38. The summed E-state index contributed by atoms with van der Waals surface area (Å²) in [6.45, 7) is 6.02. The molecule has 0 atom stereocenters. The number of aliphatic hydroxyl groups excluding tert-OH is 2. The minimum Gasteiger partial charge on any atom is -0.505 e. The molecule has 0 unspecified atom stereocenters.